The highest BCUT2D eigenvalue weighted by Crippen LogP contribution is 2.35. The van der Waals surface area contributed by atoms with E-state index >= 15 is 0 Å². The lowest BCUT2D eigenvalue weighted by atomic mass is 9.87. The van der Waals surface area contributed by atoms with Crippen LogP contribution >= 0.6 is 27.7 Å². The molecule has 2 radical (unpaired) electrons. The van der Waals surface area contributed by atoms with Gasteiger partial charge in [-0.2, -0.15) is 0 Å². The Balaban J connectivity index is 2.92. The monoisotopic (exact) mass is 214 g/mol. The van der Waals surface area contributed by atoms with Gasteiger partial charge in [0.05, 0.1) is 11.7 Å². The van der Waals surface area contributed by atoms with Gasteiger partial charge in [-0.25, -0.2) is 0 Å². The van der Waals surface area contributed by atoms with Crippen LogP contribution in [-0.2, 0) is 0 Å². The van der Waals surface area contributed by atoms with Crippen LogP contribution in [0.15, 0.2) is 15.1 Å². The average molecular weight is 215 g/mol. The Labute approximate surface area is 75.7 Å². The number of allylic oxidation sites excluding steroid dienone is 1. The highest BCUT2D eigenvalue weighted by molar-refractivity contribution is 9.14. The Kier molecular flexibility index (Phi) is 2.73. The molecule has 0 aromatic heterocycles. The van der Waals surface area contributed by atoms with Crippen LogP contribution < -0.4 is 0 Å². The molecule has 3 heteroatoms. The summed E-state index contributed by atoms with van der Waals surface area (Å²) in [4.78, 5) is 0. The minimum Gasteiger partial charge on any atom is -0.116 e. The van der Waals surface area contributed by atoms with Crippen molar-refractivity contribution in [2.24, 2.45) is 5.92 Å². The molecule has 1 aliphatic rings. The van der Waals surface area contributed by atoms with Gasteiger partial charge >= 0.3 is 0 Å². The molecule has 0 bridgehead atoms. The molecule has 0 aliphatic carbocycles. The van der Waals surface area contributed by atoms with Gasteiger partial charge in [0, 0.05) is 0 Å². The molecular weight excluding hydrogens is 207 g/mol. The van der Waals surface area contributed by atoms with Crippen LogP contribution in [0.25, 0.3) is 0 Å². The molecule has 0 fully saturated rings. The second-order valence-corrected chi connectivity index (χ2v) is 4.96. The molecule has 1 rings (SSSR count). The van der Waals surface area contributed by atoms with Crippen LogP contribution in [0, 0.1) is 5.92 Å². The molecular formula is C7H8BBrS. The number of hydrogen-bond acceptors (Lipinski definition) is 1. The van der Waals surface area contributed by atoms with Crippen LogP contribution in [-0.4, -0.2) is 13.0 Å². The molecule has 1 heterocycles. The van der Waals surface area contributed by atoms with Gasteiger partial charge < -0.3 is 0 Å². The fraction of sp³-hybridized carbons (Fsp3) is 0.571. The number of halogens is 1. The van der Waals surface area contributed by atoms with Gasteiger partial charge in [-0.15, -0.1) is 11.8 Å². The Hall–Kier alpha value is 0.415. The van der Waals surface area contributed by atoms with Crippen LogP contribution in [0.1, 0.15) is 13.8 Å². The van der Waals surface area contributed by atoms with Gasteiger partial charge in [0.25, 0.3) is 0 Å². The molecule has 0 N–H and O–H groups in total. The molecule has 0 saturated heterocycles. The molecule has 0 aromatic carbocycles. The molecule has 0 nitrogen and oxygen atoms in total. The van der Waals surface area contributed by atoms with Crippen molar-refractivity contribution in [3.8, 4) is 0 Å². The predicted octanol–water partition coefficient (Wildman–Crippen LogP) is 2.65. The van der Waals surface area contributed by atoms with Gasteiger partial charge in [0.15, 0.2) is 0 Å². The maximum atomic E-state index is 5.81. The summed E-state index contributed by atoms with van der Waals surface area (Å²) in [6.45, 7) is 4.19. The molecule has 2 atom stereocenters. The van der Waals surface area contributed by atoms with E-state index in [0.717, 1.165) is 3.81 Å². The zero-order valence-electron chi connectivity index (χ0n) is 6.02. The Morgan fingerprint density at radius 3 is 2.80 bits per heavy atom. The Morgan fingerprint density at radius 2 is 2.30 bits per heavy atom. The maximum absolute atomic E-state index is 5.81. The third-order valence-electron chi connectivity index (χ3n) is 1.71. The zero-order valence-corrected chi connectivity index (χ0v) is 8.42. The molecule has 52 valence electrons. The summed E-state index contributed by atoms with van der Waals surface area (Å²) in [7, 11) is 5.81. The van der Waals surface area contributed by atoms with Gasteiger partial charge in [0.2, 0.25) is 0 Å². The largest absolute Gasteiger partial charge is 0.116 e. The van der Waals surface area contributed by atoms with Crippen molar-refractivity contribution in [2.75, 3.05) is 0 Å². The van der Waals surface area contributed by atoms with Crippen molar-refractivity contribution >= 4 is 35.5 Å². The number of hydrogen-bond donors (Lipinski definition) is 0. The van der Waals surface area contributed by atoms with Gasteiger partial charge in [-0.05, 0) is 39.5 Å². The van der Waals surface area contributed by atoms with Crippen molar-refractivity contribution in [3.05, 3.63) is 15.1 Å². The summed E-state index contributed by atoms with van der Waals surface area (Å²) in [6.07, 6.45) is 0. The summed E-state index contributed by atoms with van der Waals surface area (Å²) in [6, 6.07) is 0. The lowest BCUT2D eigenvalue weighted by Gasteiger charge is -2.22. The quantitative estimate of drug-likeness (QED) is 0.442. The third kappa shape index (κ3) is 1.72. The minimum atomic E-state index is 0.190. The molecule has 10 heavy (non-hydrogen) atoms. The molecule has 0 saturated carbocycles. The van der Waals surface area contributed by atoms with E-state index in [1.165, 1.54) is 5.57 Å². The van der Waals surface area contributed by atoms with Crippen LogP contribution in [0.2, 0.25) is 0 Å². The molecule has 0 spiro atoms. The van der Waals surface area contributed by atoms with E-state index in [4.69, 9.17) is 7.85 Å². The zero-order chi connectivity index (χ0) is 7.72. The van der Waals surface area contributed by atoms with Crippen LogP contribution in [0.4, 0.5) is 0 Å². The van der Waals surface area contributed by atoms with Gasteiger partial charge in [-0.3, -0.25) is 0 Å². The van der Waals surface area contributed by atoms with Crippen molar-refractivity contribution in [1.29, 1.82) is 0 Å². The molecule has 1 aliphatic heterocycles. The molecule has 0 aromatic rings. The number of rotatable bonds is 0. The number of thioether (sulfide) groups is 1. The normalized spacial score (nSPS) is 33.1. The van der Waals surface area contributed by atoms with Crippen molar-refractivity contribution in [2.45, 2.75) is 19.0 Å². The molecule has 0 amide bonds. The van der Waals surface area contributed by atoms with Crippen molar-refractivity contribution < 1.29 is 0 Å². The second-order valence-electron chi connectivity index (χ2n) is 2.45. The highest BCUT2D eigenvalue weighted by atomic mass is 79.9. The predicted molar refractivity (Wildman–Crippen MR) is 51.4 cm³/mol. The van der Waals surface area contributed by atoms with E-state index in [1.54, 1.807) is 11.8 Å². The Bertz CT molecular complexity index is 206. The van der Waals surface area contributed by atoms with E-state index < -0.39 is 0 Å². The molecule has 1 unspecified atom stereocenters. The highest BCUT2D eigenvalue weighted by Gasteiger charge is 2.18. The summed E-state index contributed by atoms with van der Waals surface area (Å²) in [5.74, 6) is 0.450. The van der Waals surface area contributed by atoms with E-state index in [0.29, 0.717) is 5.92 Å². The standard InChI is InChI=1S/C7H8BBrS/c1-4-3-6(9)10-7(8)5(4)2/h5,7H,1-2H3/t5-,7?/m1/s1. The van der Waals surface area contributed by atoms with E-state index in [2.05, 4.69) is 35.5 Å². The van der Waals surface area contributed by atoms with Crippen molar-refractivity contribution in [1.82, 2.24) is 0 Å². The van der Waals surface area contributed by atoms with Crippen LogP contribution in [0.5, 0.6) is 0 Å². The topological polar surface area (TPSA) is 0 Å². The second kappa shape index (κ2) is 3.21. The minimum absolute atomic E-state index is 0.190. The summed E-state index contributed by atoms with van der Waals surface area (Å²) >= 11 is 5.00. The Morgan fingerprint density at radius 1 is 1.70 bits per heavy atom. The SMILES string of the molecule is [B]C1SC(Br)=C=C(C)[C@H]1C. The van der Waals surface area contributed by atoms with Gasteiger partial charge in [0.1, 0.15) is 0 Å². The fourth-order valence-corrected chi connectivity index (χ4v) is 2.59. The fourth-order valence-electron chi connectivity index (χ4n) is 0.766. The first kappa shape index (κ1) is 8.51. The maximum Gasteiger partial charge on any atom is 0.0919 e. The van der Waals surface area contributed by atoms with Gasteiger partial charge in [-0.1, -0.05) is 12.7 Å². The van der Waals surface area contributed by atoms with E-state index in [1.807, 2.05) is 0 Å². The first-order chi connectivity index (χ1) is 4.61. The van der Waals surface area contributed by atoms with E-state index in [-0.39, 0.29) is 5.15 Å². The first-order valence-electron chi connectivity index (χ1n) is 3.16. The summed E-state index contributed by atoms with van der Waals surface area (Å²) in [5, 5.41) is 0.190. The average Bonchev–Trinajstić information content (AvgIpc) is 1.82. The first-order valence-corrected chi connectivity index (χ1v) is 4.83. The summed E-state index contributed by atoms with van der Waals surface area (Å²) in [5.41, 5.74) is 4.43. The summed E-state index contributed by atoms with van der Waals surface area (Å²) < 4.78 is 1.02. The smallest absolute Gasteiger partial charge is 0.0919 e. The third-order valence-corrected chi connectivity index (χ3v) is 3.46. The lowest BCUT2D eigenvalue weighted by molar-refractivity contribution is 0.746. The lowest BCUT2D eigenvalue weighted by Crippen LogP contribution is -2.16. The van der Waals surface area contributed by atoms with E-state index in [9.17, 15) is 0 Å². The van der Waals surface area contributed by atoms with Crippen LogP contribution in [0.3, 0.4) is 0 Å². The van der Waals surface area contributed by atoms with Crippen molar-refractivity contribution in [3.63, 3.8) is 0 Å².